The maximum atomic E-state index is 12.6. The van der Waals surface area contributed by atoms with E-state index in [1.54, 1.807) is 17.5 Å². The van der Waals surface area contributed by atoms with Crippen LogP contribution in [0.3, 0.4) is 0 Å². The second kappa shape index (κ2) is 4.66. The van der Waals surface area contributed by atoms with Crippen LogP contribution in [0, 0.1) is 5.92 Å². The van der Waals surface area contributed by atoms with E-state index in [4.69, 9.17) is 0 Å². The molecule has 1 aromatic heterocycles. The van der Waals surface area contributed by atoms with Crippen molar-refractivity contribution in [3.63, 3.8) is 0 Å². The molecule has 0 amide bonds. The SMILES string of the molecule is CC(C)C(C)N(C1CC1)S(=O)(=O)c1cnn(C)c1. The third-order valence-electron chi connectivity index (χ3n) is 3.53. The van der Waals surface area contributed by atoms with Gasteiger partial charge in [0, 0.05) is 25.3 Å². The number of hydrogen-bond donors (Lipinski definition) is 0. The fraction of sp³-hybridized carbons (Fsp3) is 0.750. The molecule has 102 valence electrons. The van der Waals surface area contributed by atoms with Crippen molar-refractivity contribution >= 4 is 10.0 Å². The predicted octanol–water partition coefficient (Wildman–Crippen LogP) is 1.62. The van der Waals surface area contributed by atoms with E-state index in [9.17, 15) is 8.42 Å². The topological polar surface area (TPSA) is 55.2 Å². The van der Waals surface area contributed by atoms with Crippen LogP contribution in [0.25, 0.3) is 0 Å². The van der Waals surface area contributed by atoms with E-state index in [0.29, 0.717) is 10.8 Å². The highest BCUT2D eigenvalue weighted by Crippen LogP contribution is 2.35. The van der Waals surface area contributed by atoms with E-state index in [-0.39, 0.29) is 12.1 Å². The van der Waals surface area contributed by atoms with E-state index in [1.165, 1.54) is 10.9 Å². The zero-order chi connectivity index (χ0) is 13.5. The van der Waals surface area contributed by atoms with Gasteiger partial charge in [-0.15, -0.1) is 0 Å². The summed E-state index contributed by atoms with van der Waals surface area (Å²) in [7, 11) is -1.68. The molecule has 1 aromatic rings. The summed E-state index contributed by atoms with van der Waals surface area (Å²) < 4.78 is 28.5. The minimum atomic E-state index is -3.41. The summed E-state index contributed by atoms with van der Waals surface area (Å²) in [6.07, 6.45) is 4.93. The van der Waals surface area contributed by atoms with Crippen molar-refractivity contribution in [2.24, 2.45) is 13.0 Å². The molecule has 0 spiro atoms. The lowest BCUT2D eigenvalue weighted by Gasteiger charge is -2.30. The normalized spacial score (nSPS) is 18.6. The van der Waals surface area contributed by atoms with Crippen LogP contribution in [-0.2, 0) is 17.1 Å². The Kier molecular flexibility index (Phi) is 3.51. The molecule has 1 aliphatic carbocycles. The highest BCUT2D eigenvalue weighted by Gasteiger charge is 2.42. The van der Waals surface area contributed by atoms with Crippen molar-refractivity contribution in [3.8, 4) is 0 Å². The van der Waals surface area contributed by atoms with Gasteiger partial charge in [-0.2, -0.15) is 9.40 Å². The number of nitrogens with zero attached hydrogens (tertiary/aromatic N) is 3. The second-order valence-electron chi connectivity index (χ2n) is 5.40. The highest BCUT2D eigenvalue weighted by atomic mass is 32.2. The summed E-state index contributed by atoms with van der Waals surface area (Å²) in [5, 5.41) is 3.96. The molecule has 5 nitrogen and oxygen atoms in total. The van der Waals surface area contributed by atoms with Crippen molar-refractivity contribution in [2.45, 2.75) is 50.6 Å². The predicted molar refractivity (Wildman–Crippen MR) is 69.6 cm³/mol. The van der Waals surface area contributed by atoms with Crippen LogP contribution in [-0.4, -0.2) is 34.6 Å². The molecule has 0 aliphatic heterocycles. The molecule has 1 aliphatic rings. The van der Waals surface area contributed by atoms with Gasteiger partial charge in [-0.25, -0.2) is 8.42 Å². The van der Waals surface area contributed by atoms with Crippen LogP contribution >= 0.6 is 0 Å². The Bertz CT molecular complexity index is 517. The van der Waals surface area contributed by atoms with Gasteiger partial charge in [-0.1, -0.05) is 13.8 Å². The van der Waals surface area contributed by atoms with Crippen molar-refractivity contribution in [2.75, 3.05) is 0 Å². The van der Waals surface area contributed by atoms with Crippen molar-refractivity contribution in [1.29, 1.82) is 0 Å². The largest absolute Gasteiger partial charge is 0.274 e. The third kappa shape index (κ3) is 2.44. The average molecular weight is 271 g/mol. The van der Waals surface area contributed by atoms with E-state index < -0.39 is 10.0 Å². The van der Waals surface area contributed by atoms with E-state index in [2.05, 4.69) is 18.9 Å². The molecule has 1 atom stereocenters. The molecule has 6 heteroatoms. The molecule has 1 fully saturated rings. The summed E-state index contributed by atoms with van der Waals surface area (Å²) >= 11 is 0. The first-order chi connectivity index (χ1) is 8.34. The molecule has 1 saturated carbocycles. The second-order valence-corrected chi connectivity index (χ2v) is 7.24. The molecule has 0 bridgehead atoms. The summed E-state index contributed by atoms with van der Waals surface area (Å²) in [5.41, 5.74) is 0. The Balaban J connectivity index is 2.36. The van der Waals surface area contributed by atoms with Gasteiger partial charge in [-0.3, -0.25) is 4.68 Å². The average Bonchev–Trinajstić information content (AvgIpc) is 2.99. The van der Waals surface area contributed by atoms with Crippen LogP contribution in [0.2, 0.25) is 0 Å². The molecule has 0 aromatic carbocycles. The molecular weight excluding hydrogens is 250 g/mol. The van der Waals surface area contributed by atoms with E-state index >= 15 is 0 Å². The van der Waals surface area contributed by atoms with Crippen molar-refractivity contribution in [1.82, 2.24) is 14.1 Å². The first-order valence-electron chi connectivity index (χ1n) is 6.36. The minimum Gasteiger partial charge on any atom is -0.274 e. The zero-order valence-electron chi connectivity index (χ0n) is 11.4. The molecule has 1 heterocycles. The monoisotopic (exact) mass is 271 g/mol. The Morgan fingerprint density at radius 2 is 2.00 bits per heavy atom. The van der Waals surface area contributed by atoms with Gasteiger partial charge >= 0.3 is 0 Å². The van der Waals surface area contributed by atoms with Crippen LogP contribution in [0.15, 0.2) is 17.3 Å². The van der Waals surface area contributed by atoms with Crippen LogP contribution in [0.5, 0.6) is 0 Å². The van der Waals surface area contributed by atoms with Crippen molar-refractivity contribution in [3.05, 3.63) is 12.4 Å². The van der Waals surface area contributed by atoms with E-state index in [0.717, 1.165) is 12.8 Å². The highest BCUT2D eigenvalue weighted by molar-refractivity contribution is 7.89. The Labute approximate surface area is 109 Å². The number of aromatic nitrogens is 2. The van der Waals surface area contributed by atoms with Crippen molar-refractivity contribution < 1.29 is 8.42 Å². The van der Waals surface area contributed by atoms with E-state index in [1.807, 2.05) is 6.92 Å². The zero-order valence-corrected chi connectivity index (χ0v) is 12.2. The van der Waals surface area contributed by atoms with Gasteiger partial charge < -0.3 is 0 Å². The van der Waals surface area contributed by atoms with Gasteiger partial charge in [0.1, 0.15) is 4.90 Å². The van der Waals surface area contributed by atoms with Gasteiger partial charge in [0.2, 0.25) is 10.0 Å². The maximum Gasteiger partial charge on any atom is 0.246 e. The molecule has 0 radical (unpaired) electrons. The molecule has 2 rings (SSSR count). The third-order valence-corrected chi connectivity index (χ3v) is 5.52. The molecule has 1 unspecified atom stereocenters. The van der Waals surface area contributed by atoms with Gasteiger partial charge in [0.25, 0.3) is 0 Å². The molecule has 18 heavy (non-hydrogen) atoms. The fourth-order valence-electron chi connectivity index (χ4n) is 2.02. The van der Waals surface area contributed by atoms with Gasteiger partial charge in [-0.05, 0) is 25.7 Å². The summed E-state index contributed by atoms with van der Waals surface area (Å²) in [6.45, 7) is 6.09. The lowest BCUT2D eigenvalue weighted by molar-refractivity contribution is 0.269. The fourth-order valence-corrected chi connectivity index (χ4v) is 4.02. The first kappa shape index (κ1) is 13.5. The smallest absolute Gasteiger partial charge is 0.246 e. The van der Waals surface area contributed by atoms with Crippen LogP contribution < -0.4 is 0 Å². The quantitative estimate of drug-likeness (QED) is 0.817. The molecule has 0 N–H and O–H groups in total. The standard InChI is InChI=1S/C12H21N3O2S/c1-9(2)10(3)15(11-5-6-11)18(16,17)12-7-13-14(4)8-12/h7-11H,5-6H2,1-4H3. The Morgan fingerprint density at radius 3 is 2.39 bits per heavy atom. The van der Waals surface area contributed by atoms with Crippen LogP contribution in [0.1, 0.15) is 33.6 Å². The number of sulfonamides is 1. The minimum absolute atomic E-state index is 0.0164. The summed E-state index contributed by atoms with van der Waals surface area (Å²) in [4.78, 5) is 0.296. The number of rotatable bonds is 5. The first-order valence-corrected chi connectivity index (χ1v) is 7.80. The van der Waals surface area contributed by atoms with Gasteiger partial charge in [0.05, 0.1) is 6.20 Å². The summed E-state index contributed by atoms with van der Waals surface area (Å²) in [5.74, 6) is 0.303. The molecule has 0 saturated heterocycles. The maximum absolute atomic E-state index is 12.6. The molecular formula is C12H21N3O2S. The lowest BCUT2D eigenvalue weighted by Crippen LogP contribution is -2.42. The Hall–Kier alpha value is -0.880. The van der Waals surface area contributed by atoms with Gasteiger partial charge in [0.15, 0.2) is 0 Å². The Morgan fingerprint density at radius 1 is 1.39 bits per heavy atom. The number of aryl methyl sites for hydroxylation is 1. The van der Waals surface area contributed by atoms with Crippen LogP contribution in [0.4, 0.5) is 0 Å². The lowest BCUT2D eigenvalue weighted by atomic mass is 10.1. The number of hydrogen-bond acceptors (Lipinski definition) is 3. The summed E-state index contributed by atoms with van der Waals surface area (Å²) in [6, 6.07) is 0.190.